The first-order chi connectivity index (χ1) is 35.6. The summed E-state index contributed by atoms with van der Waals surface area (Å²) in [4.78, 5) is 13.0. The van der Waals surface area contributed by atoms with Crippen molar-refractivity contribution < 1.29 is 69.0 Å². The molecule has 0 aliphatic carbocycles. The third kappa shape index (κ3) is 33.0. The molecule has 2 saturated heterocycles. The van der Waals surface area contributed by atoms with Crippen LogP contribution in [0.25, 0.3) is 0 Å². The van der Waals surface area contributed by atoms with Gasteiger partial charge in [0.15, 0.2) is 12.6 Å². The number of unbranched alkanes of at least 4 members (excludes halogenated alkanes) is 25. The molecule has 0 amide bonds. The van der Waals surface area contributed by atoms with E-state index in [0.717, 1.165) is 57.8 Å². The van der Waals surface area contributed by atoms with Crippen molar-refractivity contribution in [1.82, 2.24) is 0 Å². The summed E-state index contributed by atoms with van der Waals surface area (Å²) in [5.41, 5.74) is 0. The van der Waals surface area contributed by atoms with Gasteiger partial charge in [0.25, 0.3) is 0 Å². The predicted molar refractivity (Wildman–Crippen MR) is 289 cm³/mol. The Balaban J connectivity index is 1.67. The molecule has 14 heteroatoms. The molecule has 2 aliphatic rings. The summed E-state index contributed by atoms with van der Waals surface area (Å²) in [6.07, 6.45) is 39.1. The smallest absolute Gasteiger partial charge is 0.306 e. The van der Waals surface area contributed by atoms with Gasteiger partial charge in [-0.25, -0.2) is 0 Å². The summed E-state index contributed by atoms with van der Waals surface area (Å²) in [5.74, 6) is -0.403. The third-order valence-electron chi connectivity index (χ3n) is 13.8. The monoisotopic (exact) mass is 1040 g/mol. The SMILES string of the molecule is CC/C=C\C/C=C\C/C=C\CCCCCC(=O)OC(COCCCCCCCCCCCCCCCC/C=C\CCCCCCCCCC)COC1OC(COC2OC(CO)C(O)C(O)C2O)C(O)C(O)C1O. The van der Waals surface area contributed by atoms with Crippen molar-refractivity contribution >= 4 is 5.97 Å². The Bertz CT molecular complexity index is 1390. The molecule has 426 valence electrons. The van der Waals surface area contributed by atoms with Crippen LogP contribution in [0.1, 0.15) is 219 Å². The van der Waals surface area contributed by atoms with Crippen LogP contribution >= 0.6 is 0 Å². The second-order valence-corrected chi connectivity index (χ2v) is 20.4. The quantitative estimate of drug-likeness (QED) is 0.0172. The molecule has 2 fully saturated rings. The molecular weight excluding hydrogens is 933 g/mol. The fourth-order valence-corrected chi connectivity index (χ4v) is 9.12. The van der Waals surface area contributed by atoms with Crippen LogP contribution in [0, 0.1) is 0 Å². The highest BCUT2D eigenvalue weighted by Crippen LogP contribution is 2.27. The maximum Gasteiger partial charge on any atom is 0.306 e. The molecular formula is C59H106O14. The van der Waals surface area contributed by atoms with Crippen molar-refractivity contribution in [2.24, 2.45) is 0 Å². The zero-order chi connectivity index (χ0) is 53.0. The Morgan fingerprint density at radius 3 is 1.41 bits per heavy atom. The van der Waals surface area contributed by atoms with Crippen molar-refractivity contribution in [2.45, 2.75) is 287 Å². The minimum Gasteiger partial charge on any atom is -0.457 e. The third-order valence-corrected chi connectivity index (χ3v) is 13.8. The number of hydrogen-bond donors (Lipinski definition) is 7. The van der Waals surface area contributed by atoms with Gasteiger partial charge in [-0.1, -0.05) is 191 Å². The first-order valence-corrected chi connectivity index (χ1v) is 29.2. The Hall–Kier alpha value is -2.05. The van der Waals surface area contributed by atoms with Crippen LogP contribution in [0.3, 0.4) is 0 Å². The second-order valence-electron chi connectivity index (χ2n) is 20.4. The van der Waals surface area contributed by atoms with E-state index in [2.05, 4.69) is 62.5 Å². The van der Waals surface area contributed by atoms with Gasteiger partial charge in [-0.2, -0.15) is 0 Å². The molecule has 2 heterocycles. The minimum atomic E-state index is -1.71. The fraction of sp³-hybridized carbons (Fsp3) is 0.847. The van der Waals surface area contributed by atoms with E-state index in [1.54, 1.807) is 0 Å². The highest BCUT2D eigenvalue weighted by Gasteiger charge is 2.47. The molecule has 73 heavy (non-hydrogen) atoms. The fourth-order valence-electron chi connectivity index (χ4n) is 9.12. The van der Waals surface area contributed by atoms with Crippen molar-refractivity contribution in [3.05, 3.63) is 48.6 Å². The highest BCUT2D eigenvalue weighted by molar-refractivity contribution is 5.69. The summed E-state index contributed by atoms with van der Waals surface area (Å²) in [5, 5.41) is 72.3. The molecule has 2 aliphatic heterocycles. The molecule has 2 rings (SSSR count). The number of esters is 1. The largest absolute Gasteiger partial charge is 0.457 e. The maximum absolute atomic E-state index is 13.0. The highest BCUT2D eigenvalue weighted by atomic mass is 16.7. The Labute approximate surface area is 442 Å². The van der Waals surface area contributed by atoms with E-state index in [1.165, 1.54) is 135 Å². The van der Waals surface area contributed by atoms with Crippen LogP contribution in [-0.4, -0.2) is 142 Å². The molecule has 0 saturated carbocycles. The number of ether oxygens (including phenoxy) is 6. The van der Waals surface area contributed by atoms with Crippen LogP contribution < -0.4 is 0 Å². The number of aliphatic hydroxyl groups excluding tert-OH is 7. The molecule has 0 radical (unpaired) electrons. The molecule has 0 aromatic rings. The van der Waals surface area contributed by atoms with Gasteiger partial charge in [-0.3, -0.25) is 4.79 Å². The molecule has 11 unspecified atom stereocenters. The van der Waals surface area contributed by atoms with Crippen LogP contribution in [0.2, 0.25) is 0 Å². The van der Waals surface area contributed by atoms with Gasteiger partial charge < -0.3 is 64.2 Å². The van der Waals surface area contributed by atoms with E-state index in [-0.39, 0.29) is 19.6 Å². The number of carbonyl (C=O) groups excluding carboxylic acids is 1. The number of rotatable bonds is 47. The molecule has 0 bridgehead atoms. The molecule has 0 spiro atoms. The number of hydrogen-bond acceptors (Lipinski definition) is 14. The van der Waals surface area contributed by atoms with E-state index >= 15 is 0 Å². The standard InChI is InChI=1S/C59H106O14/c1-3-5-7-9-11-13-15-17-18-19-20-21-22-23-24-25-26-27-28-29-31-33-35-37-39-41-43-68-45-48(71-51(61)42-40-38-36-34-32-30-16-14-12-10-8-6-4-2)46-69-58-57(67)55(65)53(63)50(73-58)47-70-59-56(66)54(64)52(62)49(44-60)72-59/h6,8,12,14,19-20,30,32,48-50,52-60,62-67H,3-5,7,9-11,13,15-18,21-29,31,33-47H2,1-2H3/b8-6-,14-12-,20-19-,32-30-. The Morgan fingerprint density at radius 1 is 0.466 bits per heavy atom. The van der Waals surface area contributed by atoms with Gasteiger partial charge in [0.2, 0.25) is 0 Å². The normalized spacial score (nSPS) is 25.3. The van der Waals surface area contributed by atoms with Crippen molar-refractivity contribution in [3.8, 4) is 0 Å². The maximum atomic E-state index is 13.0. The average Bonchev–Trinajstić information content (AvgIpc) is 3.39. The Morgan fingerprint density at radius 2 is 0.890 bits per heavy atom. The van der Waals surface area contributed by atoms with E-state index in [1.807, 2.05) is 0 Å². The summed E-state index contributed by atoms with van der Waals surface area (Å²) >= 11 is 0. The van der Waals surface area contributed by atoms with E-state index in [0.29, 0.717) is 13.0 Å². The van der Waals surface area contributed by atoms with Gasteiger partial charge >= 0.3 is 5.97 Å². The number of aliphatic hydroxyl groups is 7. The van der Waals surface area contributed by atoms with E-state index in [9.17, 15) is 40.5 Å². The first kappa shape index (κ1) is 67.1. The zero-order valence-corrected chi connectivity index (χ0v) is 45.6. The number of carbonyl (C=O) groups is 1. The van der Waals surface area contributed by atoms with E-state index in [4.69, 9.17) is 28.4 Å². The summed E-state index contributed by atoms with van der Waals surface area (Å²) < 4.78 is 34.3. The molecule has 11 atom stereocenters. The summed E-state index contributed by atoms with van der Waals surface area (Å²) in [6, 6.07) is 0. The first-order valence-electron chi connectivity index (χ1n) is 29.2. The number of allylic oxidation sites excluding steroid dienone is 8. The average molecular weight is 1040 g/mol. The van der Waals surface area contributed by atoms with Crippen LogP contribution in [0.4, 0.5) is 0 Å². The van der Waals surface area contributed by atoms with Crippen molar-refractivity contribution in [2.75, 3.05) is 33.0 Å². The second kappa shape index (κ2) is 46.1. The summed E-state index contributed by atoms with van der Waals surface area (Å²) in [6.45, 7) is 3.55. The van der Waals surface area contributed by atoms with Crippen LogP contribution in [-0.2, 0) is 33.2 Å². The van der Waals surface area contributed by atoms with Gasteiger partial charge in [0, 0.05) is 13.0 Å². The molecule has 0 aromatic carbocycles. The lowest BCUT2D eigenvalue weighted by atomic mass is 9.98. The Kier molecular flexibility index (Phi) is 42.3. The van der Waals surface area contributed by atoms with E-state index < -0.39 is 86.7 Å². The van der Waals surface area contributed by atoms with Crippen LogP contribution in [0.5, 0.6) is 0 Å². The topological polar surface area (TPSA) is 214 Å². The lowest BCUT2D eigenvalue weighted by molar-refractivity contribution is -0.332. The van der Waals surface area contributed by atoms with Gasteiger partial charge in [0.05, 0.1) is 26.4 Å². The molecule has 14 nitrogen and oxygen atoms in total. The molecule has 0 aromatic heterocycles. The minimum absolute atomic E-state index is 0.0499. The molecule has 7 N–H and O–H groups in total. The van der Waals surface area contributed by atoms with Crippen LogP contribution in [0.15, 0.2) is 48.6 Å². The van der Waals surface area contributed by atoms with Crippen molar-refractivity contribution in [1.29, 1.82) is 0 Å². The predicted octanol–water partition coefficient (Wildman–Crippen LogP) is 10.3. The lowest BCUT2D eigenvalue weighted by Gasteiger charge is -2.42. The van der Waals surface area contributed by atoms with Crippen molar-refractivity contribution in [3.63, 3.8) is 0 Å². The summed E-state index contributed by atoms with van der Waals surface area (Å²) in [7, 11) is 0. The van der Waals surface area contributed by atoms with Gasteiger partial charge in [-0.05, 0) is 70.6 Å². The van der Waals surface area contributed by atoms with Gasteiger partial charge in [-0.15, -0.1) is 0 Å². The zero-order valence-electron chi connectivity index (χ0n) is 45.6. The lowest BCUT2D eigenvalue weighted by Crippen LogP contribution is -2.61. The van der Waals surface area contributed by atoms with Gasteiger partial charge in [0.1, 0.15) is 54.9 Å².